The van der Waals surface area contributed by atoms with Gasteiger partial charge in [0, 0.05) is 17.0 Å². The third-order valence-corrected chi connectivity index (χ3v) is 10.5. The van der Waals surface area contributed by atoms with E-state index in [-0.39, 0.29) is 0 Å². The lowest BCUT2D eigenvalue weighted by Crippen LogP contribution is -2.45. The van der Waals surface area contributed by atoms with Crippen molar-refractivity contribution in [3.63, 3.8) is 0 Å². The first-order valence-corrected chi connectivity index (χ1v) is 15.0. The minimum absolute atomic E-state index is 0.338. The zero-order valence-corrected chi connectivity index (χ0v) is 22.3. The quantitative estimate of drug-likeness (QED) is 0.483. The molecule has 6 aliphatic rings. The summed E-state index contributed by atoms with van der Waals surface area (Å²) in [6, 6.07) is 18.6. The molecule has 1 heteroatoms. The molecule has 6 aliphatic carbocycles. The van der Waals surface area contributed by atoms with Crippen molar-refractivity contribution in [2.45, 2.75) is 69.2 Å². The average molecular weight is 496 g/mol. The van der Waals surface area contributed by atoms with Gasteiger partial charge < -0.3 is 5.32 Å². The summed E-state index contributed by atoms with van der Waals surface area (Å²) >= 11 is 0. The lowest BCUT2D eigenvalue weighted by molar-refractivity contribution is 0.347. The maximum Gasteiger partial charge on any atom is 0.0522 e. The largest absolute Gasteiger partial charge is 0.378 e. The van der Waals surface area contributed by atoms with Crippen LogP contribution in [0.3, 0.4) is 0 Å². The molecule has 0 heterocycles. The summed E-state index contributed by atoms with van der Waals surface area (Å²) in [7, 11) is 0. The number of nitrogens with one attached hydrogen (secondary N) is 1. The Morgan fingerprint density at radius 3 is 2.63 bits per heavy atom. The Morgan fingerprint density at radius 1 is 0.842 bits per heavy atom. The minimum Gasteiger partial charge on any atom is -0.378 e. The standard InChI is InChI=1S/C37H37N/c1-2-12-27-25(11-1)24-36(32-16-4-3-14-29(27)32)38-35-18-8-6-13-28(35)26-19-20-31-30-15-5-7-17-33(30)37(34(31)23-26)21-9-10-22-37/h1-3,5,7-8,11-12,14-15,17-20,24,32,34,36,38H,4,6,9-10,13,16,21-23H2. The molecule has 0 aliphatic heterocycles. The first kappa shape index (κ1) is 22.6. The molecule has 0 saturated heterocycles. The van der Waals surface area contributed by atoms with E-state index in [2.05, 4.69) is 96.4 Å². The highest BCUT2D eigenvalue weighted by Crippen LogP contribution is 2.61. The van der Waals surface area contributed by atoms with Gasteiger partial charge in [0.2, 0.25) is 0 Å². The first-order chi connectivity index (χ1) is 18.8. The molecule has 3 unspecified atom stereocenters. The fraction of sp³-hybridized carbons (Fsp3) is 0.351. The normalized spacial score (nSPS) is 28.2. The van der Waals surface area contributed by atoms with Gasteiger partial charge in [0.1, 0.15) is 0 Å². The van der Waals surface area contributed by atoms with Crippen molar-refractivity contribution >= 4 is 17.2 Å². The van der Waals surface area contributed by atoms with Gasteiger partial charge in [0.05, 0.1) is 6.04 Å². The number of hydrogen-bond acceptors (Lipinski definition) is 1. The van der Waals surface area contributed by atoms with Gasteiger partial charge in [-0.15, -0.1) is 0 Å². The van der Waals surface area contributed by atoms with Crippen LogP contribution in [0.25, 0.3) is 17.2 Å². The molecular weight excluding hydrogens is 458 g/mol. The van der Waals surface area contributed by atoms with E-state index in [1.165, 1.54) is 72.2 Å². The topological polar surface area (TPSA) is 12.0 Å². The summed E-state index contributed by atoms with van der Waals surface area (Å²) in [4.78, 5) is 0. The lowest BCUT2D eigenvalue weighted by atomic mass is 9.68. The van der Waals surface area contributed by atoms with E-state index < -0.39 is 0 Å². The second kappa shape index (κ2) is 8.87. The fourth-order valence-electron chi connectivity index (χ4n) is 8.78. The summed E-state index contributed by atoms with van der Waals surface area (Å²) in [5, 5.41) is 6.91. The Labute approximate surface area is 226 Å². The van der Waals surface area contributed by atoms with Crippen molar-refractivity contribution in [1.29, 1.82) is 0 Å². The van der Waals surface area contributed by atoms with Gasteiger partial charge in [-0.25, -0.2) is 0 Å². The highest BCUT2D eigenvalue weighted by Gasteiger charge is 2.51. The molecule has 8 rings (SSSR count). The molecule has 1 nitrogen and oxygen atoms in total. The van der Waals surface area contributed by atoms with Crippen molar-refractivity contribution < 1.29 is 0 Å². The summed E-state index contributed by atoms with van der Waals surface area (Å²) in [6.45, 7) is 0. The third kappa shape index (κ3) is 3.37. The Balaban J connectivity index is 1.18. The summed E-state index contributed by atoms with van der Waals surface area (Å²) in [5.74, 6) is 1.18. The van der Waals surface area contributed by atoms with Crippen molar-refractivity contribution in [1.82, 2.24) is 5.32 Å². The van der Waals surface area contributed by atoms with Crippen LogP contribution < -0.4 is 15.8 Å². The van der Waals surface area contributed by atoms with E-state index >= 15 is 0 Å². The molecule has 1 N–H and O–H groups in total. The van der Waals surface area contributed by atoms with Crippen LogP contribution >= 0.6 is 0 Å². The van der Waals surface area contributed by atoms with Crippen LogP contribution in [-0.2, 0) is 5.41 Å². The Morgan fingerprint density at radius 2 is 1.68 bits per heavy atom. The van der Waals surface area contributed by atoms with Crippen LogP contribution in [0.5, 0.6) is 0 Å². The zero-order chi connectivity index (χ0) is 25.1. The fourth-order valence-corrected chi connectivity index (χ4v) is 8.78. The van der Waals surface area contributed by atoms with Gasteiger partial charge in [0.25, 0.3) is 0 Å². The van der Waals surface area contributed by atoms with Crippen LogP contribution in [0.1, 0.15) is 68.9 Å². The minimum atomic E-state index is 0.338. The number of hydrogen-bond donors (Lipinski definition) is 1. The Bertz CT molecular complexity index is 1580. The number of benzene rings is 2. The van der Waals surface area contributed by atoms with Gasteiger partial charge in [-0.3, -0.25) is 0 Å². The van der Waals surface area contributed by atoms with E-state index in [1.807, 2.05) is 0 Å². The van der Waals surface area contributed by atoms with E-state index in [1.54, 1.807) is 22.3 Å². The van der Waals surface area contributed by atoms with Crippen molar-refractivity contribution in [3.05, 3.63) is 123 Å². The highest BCUT2D eigenvalue weighted by atomic mass is 14.9. The highest BCUT2D eigenvalue weighted by molar-refractivity contribution is 5.81. The molecular formula is C37H37N. The van der Waals surface area contributed by atoms with E-state index in [0.717, 1.165) is 12.8 Å². The molecule has 2 aromatic carbocycles. The van der Waals surface area contributed by atoms with Crippen LogP contribution in [-0.4, -0.2) is 6.04 Å². The van der Waals surface area contributed by atoms with E-state index in [4.69, 9.17) is 0 Å². The molecule has 1 spiro atoms. The maximum atomic E-state index is 4.10. The second-order valence-electron chi connectivity index (χ2n) is 12.3. The van der Waals surface area contributed by atoms with Gasteiger partial charge >= 0.3 is 0 Å². The molecule has 2 aromatic rings. The van der Waals surface area contributed by atoms with E-state index in [9.17, 15) is 0 Å². The molecule has 38 heavy (non-hydrogen) atoms. The van der Waals surface area contributed by atoms with Crippen molar-refractivity contribution in [2.24, 2.45) is 11.8 Å². The number of fused-ring (bicyclic) bond motifs is 7. The van der Waals surface area contributed by atoms with Crippen LogP contribution in [0.15, 0.2) is 102 Å². The Hall–Kier alpha value is -3.32. The zero-order valence-electron chi connectivity index (χ0n) is 22.3. The molecule has 1 fully saturated rings. The van der Waals surface area contributed by atoms with Crippen LogP contribution in [0.2, 0.25) is 0 Å². The predicted octanol–water partition coefficient (Wildman–Crippen LogP) is 7.02. The van der Waals surface area contributed by atoms with E-state index in [0.29, 0.717) is 23.3 Å². The Kier molecular flexibility index (Phi) is 5.29. The summed E-state index contributed by atoms with van der Waals surface area (Å²) in [6.07, 6.45) is 28.4. The predicted molar refractivity (Wildman–Crippen MR) is 159 cm³/mol. The average Bonchev–Trinajstić information content (AvgIpc) is 3.58. The summed E-state index contributed by atoms with van der Waals surface area (Å²) < 4.78 is 0. The van der Waals surface area contributed by atoms with Gasteiger partial charge in [-0.1, -0.05) is 97.8 Å². The molecule has 3 atom stereocenters. The van der Waals surface area contributed by atoms with Gasteiger partial charge in [0.15, 0.2) is 0 Å². The smallest absolute Gasteiger partial charge is 0.0522 e. The molecule has 0 aromatic heterocycles. The van der Waals surface area contributed by atoms with Crippen molar-refractivity contribution in [2.75, 3.05) is 0 Å². The third-order valence-electron chi connectivity index (χ3n) is 10.5. The first-order valence-electron chi connectivity index (χ1n) is 15.0. The molecule has 0 bridgehead atoms. The second-order valence-corrected chi connectivity index (χ2v) is 12.3. The summed E-state index contributed by atoms with van der Waals surface area (Å²) in [5.41, 5.74) is 11.2. The molecule has 190 valence electrons. The molecule has 0 amide bonds. The lowest BCUT2D eigenvalue weighted by Gasteiger charge is -2.37. The van der Waals surface area contributed by atoms with Crippen LogP contribution in [0.4, 0.5) is 0 Å². The number of rotatable bonds is 3. The van der Waals surface area contributed by atoms with Crippen LogP contribution in [0, 0.1) is 11.8 Å². The molecule has 0 radical (unpaired) electrons. The number of allylic oxidation sites excluding steroid dienone is 9. The van der Waals surface area contributed by atoms with Crippen molar-refractivity contribution in [3.8, 4) is 0 Å². The maximum absolute atomic E-state index is 4.10. The monoisotopic (exact) mass is 495 g/mol. The SMILES string of the molecule is C1=CC(NC2C=c3ccccc3=C3C=CCCC32)=C(C2=CC=C3c4ccccc4C4(CCCC4)C3C2)CC1. The van der Waals surface area contributed by atoms with Gasteiger partial charge in [-0.05, 0) is 101 Å². The molecule has 1 saturated carbocycles. The van der Waals surface area contributed by atoms with Gasteiger partial charge in [-0.2, -0.15) is 0 Å².